The van der Waals surface area contributed by atoms with E-state index in [4.69, 9.17) is 0 Å². The zero-order chi connectivity index (χ0) is 15.4. The van der Waals surface area contributed by atoms with Gasteiger partial charge in [0.1, 0.15) is 11.6 Å². The summed E-state index contributed by atoms with van der Waals surface area (Å²) >= 11 is 0. The molecule has 116 valence electrons. The Morgan fingerprint density at radius 3 is 3.00 bits per heavy atom. The van der Waals surface area contributed by atoms with E-state index in [1.807, 2.05) is 19.1 Å². The van der Waals surface area contributed by atoms with Crippen molar-refractivity contribution in [2.75, 3.05) is 25.0 Å². The largest absolute Gasteiger partial charge is 0.370 e. The first-order valence-corrected chi connectivity index (χ1v) is 7.77. The maximum Gasteiger partial charge on any atom is 0.161 e. The molecule has 1 unspecified atom stereocenters. The monoisotopic (exact) mass is 300 g/mol. The molecule has 2 N–H and O–H groups in total. The van der Waals surface area contributed by atoms with E-state index >= 15 is 0 Å². The average Bonchev–Trinajstić information content (AvgIpc) is 2.53. The molecule has 4 nitrogen and oxygen atoms in total. The molecule has 1 aromatic heterocycles. The number of anilines is 1. The number of rotatable bonds is 4. The fraction of sp³-hybridized carbons (Fsp3) is 0.412. The number of benzene rings is 1. The highest BCUT2D eigenvalue weighted by Crippen LogP contribution is 2.19. The van der Waals surface area contributed by atoms with E-state index in [9.17, 15) is 4.39 Å². The summed E-state index contributed by atoms with van der Waals surface area (Å²) < 4.78 is 13.4. The molecular formula is C17H21FN4. The first kappa shape index (κ1) is 14.9. The van der Waals surface area contributed by atoms with Gasteiger partial charge in [0.15, 0.2) is 5.82 Å². The molecule has 1 atom stereocenters. The Morgan fingerprint density at radius 1 is 1.32 bits per heavy atom. The SMILES string of the molecule is Cc1cc(NCC2CCCNC2)nc(-c2cccc(F)c2)n1. The van der Waals surface area contributed by atoms with Gasteiger partial charge in [-0.1, -0.05) is 12.1 Å². The van der Waals surface area contributed by atoms with E-state index in [0.29, 0.717) is 17.3 Å². The Labute approximate surface area is 130 Å². The maximum absolute atomic E-state index is 13.4. The fourth-order valence-corrected chi connectivity index (χ4v) is 2.76. The molecule has 5 heteroatoms. The number of halogens is 1. The van der Waals surface area contributed by atoms with Crippen molar-refractivity contribution in [3.8, 4) is 11.4 Å². The van der Waals surface area contributed by atoms with E-state index < -0.39 is 0 Å². The molecule has 22 heavy (non-hydrogen) atoms. The molecule has 0 amide bonds. The Hall–Kier alpha value is -2.01. The molecule has 1 aliphatic heterocycles. The molecule has 1 fully saturated rings. The van der Waals surface area contributed by atoms with Gasteiger partial charge in [-0.05, 0) is 50.9 Å². The summed E-state index contributed by atoms with van der Waals surface area (Å²) in [6, 6.07) is 8.32. The molecule has 0 radical (unpaired) electrons. The first-order chi connectivity index (χ1) is 10.7. The Kier molecular flexibility index (Phi) is 4.63. The van der Waals surface area contributed by atoms with E-state index in [2.05, 4.69) is 20.6 Å². The van der Waals surface area contributed by atoms with Crippen molar-refractivity contribution in [1.29, 1.82) is 0 Å². The van der Waals surface area contributed by atoms with Crippen LogP contribution in [0.1, 0.15) is 18.5 Å². The van der Waals surface area contributed by atoms with E-state index in [0.717, 1.165) is 31.1 Å². The molecule has 0 saturated carbocycles. The van der Waals surface area contributed by atoms with E-state index in [1.165, 1.54) is 25.0 Å². The van der Waals surface area contributed by atoms with Crippen molar-refractivity contribution < 1.29 is 4.39 Å². The summed E-state index contributed by atoms with van der Waals surface area (Å²) in [6.45, 7) is 4.99. The van der Waals surface area contributed by atoms with Gasteiger partial charge in [0.05, 0.1) is 0 Å². The quantitative estimate of drug-likeness (QED) is 0.911. The first-order valence-electron chi connectivity index (χ1n) is 7.77. The minimum Gasteiger partial charge on any atom is -0.370 e. The van der Waals surface area contributed by atoms with Gasteiger partial charge < -0.3 is 10.6 Å². The zero-order valence-corrected chi connectivity index (χ0v) is 12.8. The van der Waals surface area contributed by atoms with Crippen LogP contribution in [0, 0.1) is 18.7 Å². The summed E-state index contributed by atoms with van der Waals surface area (Å²) in [6.07, 6.45) is 2.46. The van der Waals surface area contributed by atoms with Crippen LogP contribution in [0.4, 0.5) is 10.2 Å². The molecule has 2 heterocycles. The van der Waals surface area contributed by atoms with Crippen LogP contribution in [0.25, 0.3) is 11.4 Å². The second-order valence-electron chi connectivity index (χ2n) is 5.82. The number of piperidine rings is 1. The predicted octanol–water partition coefficient (Wildman–Crippen LogP) is 3.00. The topological polar surface area (TPSA) is 49.8 Å². The summed E-state index contributed by atoms with van der Waals surface area (Å²) in [5, 5.41) is 6.81. The smallest absolute Gasteiger partial charge is 0.161 e. The molecule has 3 rings (SSSR count). The lowest BCUT2D eigenvalue weighted by atomic mass is 10.00. The molecule has 2 aromatic rings. The van der Waals surface area contributed by atoms with Crippen molar-refractivity contribution in [1.82, 2.24) is 15.3 Å². The summed E-state index contributed by atoms with van der Waals surface area (Å²) in [4.78, 5) is 8.93. The lowest BCUT2D eigenvalue weighted by molar-refractivity contribution is 0.392. The highest BCUT2D eigenvalue weighted by atomic mass is 19.1. The minimum atomic E-state index is -0.273. The van der Waals surface area contributed by atoms with Gasteiger partial charge in [0.25, 0.3) is 0 Å². The van der Waals surface area contributed by atoms with Gasteiger partial charge in [-0.25, -0.2) is 14.4 Å². The van der Waals surface area contributed by atoms with Gasteiger partial charge in [0, 0.05) is 23.9 Å². The molecule has 1 aromatic carbocycles. The summed E-state index contributed by atoms with van der Waals surface area (Å²) in [5.74, 6) is 1.72. The van der Waals surface area contributed by atoms with Crippen molar-refractivity contribution in [3.63, 3.8) is 0 Å². The highest BCUT2D eigenvalue weighted by molar-refractivity contribution is 5.57. The van der Waals surface area contributed by atoms with Gasteiger partial charge >= 0.3 is 0 Å². The third-order valence-electron chi connectivity index (χ3n) is 3.91. The van der Waals surface area contributed by atoms with Gasteiger partial charge in [-0.2, -0.15) is 0 Å². The molecule has 0 bridgehead atoms. The molecule has 1 aliphatic rings. The van der Waals surface area contributed by atoms with E-state index in [1.54, 1.807) is 6.07 Å². The number of hydrogen-bond donors (Lipinski definition) is 2. The van der Waals surface area contributed by atoms with E-state index in [-0.39, 0.29) is 5.82 Å². The van der Waals surface area contributed by atoms with Gasteiger partial charge in [-0.15, -0.1) is 0 Å². The lowest BCUT2D eigenvalue weighted by Crippen LogP contribution is -2.33. The predicted molar refractivity (Wildman–Crippen MR) is 86.2 cm³/mol. The molecule has 1 saturated heterocycles. The maximum atomic E-state index is 13.4. The summed E-state index contributed by atoms with van der Waals surface area (Å²) in [5.41, 5.74) is 1.57. The lowest BCUT2D eigenvalue weighted by Gasteiger charge is -2.23. The Balaban J connectivity index is 1.74. The third kappa shape index (κ3) is 3.80. The van der Waals surface area contributed by atoms with Crippen LogP contribution in [-0.4, -0.2) is 29.6 Å². The van der Waals surface area contributed by atoms with Crippen LogP contribution >= 0.6 is 0 Å². The zero-order valence-electron chi connectivity index (χ0n) is 12.8. The van der Waals surface area contributed by atoms with Crippen LogP contribution in [0.2, 0.25) is 0 Å². The Morgan fingerprint density at radius 2 is 2.23 bits per heavy atom. The normalized spacial score (nSPS) is 18.2. The van der Waals surface area contributed by atoms with Crippen molar-refractivity contribution in [3.05, 3.63) is 41.8 Å². The summed E-state index contributed by atoms with van der Waals surface area (Å²) in [7, 11) is 0. The fourth-order valence-electron chi connectivity index (χ4n) is 2.76. The number of hydrogen-bond acceptors (Lipinski definition) is 4. The number of nitrogens with zero attached hydrogens (tertiary/aromatic N) is 2. The highest BCUT2D eigenvalue weighted by Gasteiger charge is 2.13. The Bertz CT molecular complexity index is 638. The van der Waals surface area contributed by atoms with Crippen LogP contribution in [0.5, 0.6) is 0 Å². The van der Waals surface area contributed by atoms with Crippen LogP contribution in [-0.2, 0) is 0 Å². The minimum absolute atomic E-state index is 0.273. The third-order valence-corrected chi connectivity index (χ3v) is 3.91. The van der Waals surface area contributed by atoms with Crippen molar-refractivity contribution in [2.24, 2.45) is 5.92 Å². The second kappa shape index (κ2) is 6.83. The second-order valence-corrected chi connectivity index (χ2v) is 5.82. The van der Waals surface area contributed by atoms with Crippen LogP contribution in [0.15, 0.2) is 30.3 Å². The number of nitrogens with one attached hydrogen (secondary N) is 2. The standard InChI is InChI=1S/C17H21FN4/c1-12-8-16(20-11-13-4-3-7-19-10-13)22-17(21-12)14-5-2-6-15(18)9-14/h2,5-6,8-9,13,19H,3-4,7,10-11H2,1H3,(H,20,21,22). The molecule has 0 spiro atoms. The van der Waals surface area contributed by atoms with Crippen molar-refractivity contribution >= 4 is 5.82 Å². The molecule has 0 aliphatic carbocycles. The number of aryl methyl sites for hydroxylation is 1. The number of aromatic nitrogens is 2. The van der Waals surface area contributed by atoms with Crippen LogP contribution < -0.4 is 10.6 Å². The average molecular weight is 300 g/mol. The molecular weight excluding hydrogens is 279 g/mol. The van der Waals surface area contributed by atoms with Crippen molar-refractivity contribution in [2.45, 2.75) is 19.8 Å². The van der Waals surface area contributed by atoms with Crippen LogP contribution in [0.3, 0.4) is 0 Å². The van der Waals surface area contributed by atoms with Gasteiger partial charge in [0.2, 0.25) is 0 Å². The van der Waals surface area contributed by atoms with Gasteiger partial charge in [-0.3, -0.25) is 0 Å².